The number of aryl methyl sites for hydroxylation is 4. The lowest BCUT2D eigenvalue weighted by Gasteiger charge is -2.29. The van der Waals surface area contributed by atoms with Crippen molar-refractivity contribution in [3.63, 3.8) is 0 Å². The number of Topliss-reactive ketones (excluding diaryl/α,β-unsaturated/α-hetero) is 2. The van der Waals surface area contributed by atoms with Crippen LogP contribution in [0.4, 0.5) is 0 Å². The van der Waals surface area contributed by atoms with Crippen LogP contribution in [0.3, 0.4) is 0 Å². The number of aliphatic hydroxyl groups excluding tert-OH is 2. The van der Waals surface area contributed by atoms with Crippen LogP contribution in [0.5, 0.6) is 0 Å². The zero-order valence-corrected chi connectivity index (χ0v) is 40.9. The average Bonchev–Trinajstić information content (AvgIpc) is 4.15. The van der Waals surface area contributed by atoms with Crippen LogP contribution in [0.1, 0.15) is 99.2 Å². The zero-order valence-electron chi connectivity index (χ0n) is 39.3. The normalized spacial score (nSPS) is 18.9. The van der Waals surface area contributed by atoms with E-state index in [-0.39, 0.29) is 61.1 Å². The second-order valence-corrected chi connectivity index (χ2v) is 19.9. The van der Waals surface area contributed by atoms with Crippen LogP contribution in [0, 0.1) is 25.7 Å². The lowest BCUT2D eigenvalue weighted by atomic mass is 9.90. The molecule has 2 N–H and O–H groups in total. The van der Waals surface area contributed by atoms with Crippen molar-refractivity contribution in [1.82, 2.24) is 44.9 Å². The zero-order chi connectivity index (χ0) is 48.5. The van der Waals surface area contributed by atoms with Gasteiger partial charge in [0.15, 0.2) is 17.4 Å². The molecule has 17 heteroatoms. The van der Waals surface area contributed by atoms with Gasteiger partial charge in [-0.1, -0.05) is 76.2 Å². The number of thiazole rings is 2. The molecule has 2 aromatic carbocycles. The summed E-state index contributed by atoms with van der Waals surface area (Å²) in [6.45, 7) is 12.0. The number of carbonyl (C=O) groups is 4. The van der Waals surface area contributed by atoms with Crippen molar-refractivity contribution in [2.75, 3.05) is 13.1 Å². The molecule has 4 aromatic heterocycles. The Balaban J connectivity index is 0.000000201. The molecule has 0 spiro atoms. The summed E-state index contributed by atoms with van der Waals surface area (Å²) in [4.78, 5) is 79.9. The van der Waals surface area contributed by atoms with E-state index in [2.05, 4.69) is 59.4 Å². The highest BCUT2D eigenvalue weighted by molar-refractivity contribution is 7.13. The highest BCUT2D eigenvalue weighted by Gasteiger charge is 2.44. The van der Waals surface area contributed by atoms with Gasteiger partial charge >= 0.3 is 0 Å². The molecule has 2 fully saturated rings. The standard InChI is InChI=1S/C26H30N4O3S.C25H29N5O3S/c1-16(2)24(21-13-27-10-11-28-21)26(33)30-14-20(31)12-22(30)23(32)9-6-18-4-7-19(8-5-18)25-17(3)29-15-34-25;1-15(2)22(24-26-10-11-28-29-24)25(33)30-13-19(31)12-20(30)21(32)9-6-17-4-7-18(8-5-17)23-16(3)27-14-34-23/h4-5,7-8,10-11,13,15-16,20,22,24,31H,6,9,12,14H2,1-3H3;4-5,7-8,10-11,14-15,19-20,22,31H,6,9,12-13H2,1-3H3/t20-,22+,24-;19-,20+,22-/m11/s1. The van der Waals surface area contributed by atoms with Crippen molar-refractivity contribution >= 4 is 46.1 Å². The number of rotatable bonds is 16. The molecule has 6 heterocycles. The molecule has 0 bridgehead atoms. The summed E-state index contributed by atoms with van der Waals surface area (Å²) >= 11 is 3.22. The highest BCUT2D eigenvalue weighted by Crippen LogP contribution is 2.33. The molecule has 2 aliphatic rings. The van der Waals surface area contributed by atoms with Gasteiger partial charge in [0.25, 0.3) is 0 Å². The molecule has 15 nitrogen and oxygen atoms in total. The third-order valence-corrected chi connectivity index (χ3v) is 14.6. The van der Waals surface area contributed by atoms with Crippen molar-refractivity contribution in [3.05, 3.63) is 125 Å². The fraction of sp³-hybridized carbons (Fsp3) is 0.431. The number of nitrogens with zero attached hydrogens (tertiary/aromatic N) is 9. The Morgan fingerprint density at radius 2 is 1.10 bits per heavy atom. The molecule has 8 rings (SSSR count). The van der Waals surface area contributed by atoms with Gasteiger partial charge < -0.3 is 20.0 Å². The van der Waals surface area contributed by atoms with Crippen molar-refractivity contribution in [2.24, 2.45) is 11.8 Å². The third kappa shape index (κ3) is 12.0. The summed E-state index contributed by atoms with van der Waals surface area (Å²) in [5.74, 6) is -1.34. The predicted molar refractivity (Wildman–Crippen MR) is 260 cm³/mol. The molecule has 6 aromatic rings. The number of aromatic nitrogens is 7. The second-order valence-electron chi connectivity index (χ2n) is 18.2. The van der Waals surface area contributed by atoms with Crippen molar-refractivity contribution in [1.29, 1.82) is 0 Å². The smallest absolute Gasteiger partial charge is 0.234 e. The maximum atomic E-state index is 13.5. The summed E-state index contributed by atoms with van der Waals surface area (Å²) in [5.41, 5.74) is 10.6. The Labute approximate surface area is 405 Å². The van der Waals surface area contributed by atoms with Crippen LogP contribution in [0.15, 0.2) is 90.5 Å². The van der Waals surface area contributed by atoms with Crippen LogP contribution >= 0.6 is 22.7 Å². The summed E-state index contributed by atoms with van der Waals surface area (Å²) < 4.78 is 0. The summed E-state index contributed by atoms with van der Waals surface area (Å²) in [5, 5.41) is 28.5. The topological polar surface area (TPSA) is 205 Å². The maximum Gasteiger partial charge on any atom is 0.234 e. The molecule has 0 saturated carbocycles. The summed E-state index contributed by atoms with van der Waals surface area (Å²) in [7, 11) is 0. The van der Waals surface area contributed by atoms with Gasteiger partial charge in [0, 0.05) is 63.6 Å². The van der Waals surface area contributed by atoms with E-state index in [9.17, 15) is 29.4 Å². The number of amides is 2. The lowest BCUT2D eigenvalue weighted by Crippen LogP contribution is -2.44. The largest absolute Gasteiger partial charge is 0.391 e. The number of likely N-dealkylation sites (tertiary alicyclic amines) is 2. The minimum absolute atomic E-state index is 0.0154. The van der Waals surface area contributed by atoms with Gasteiger partial charge in [-0.15, -0.1) is 27.8 Å². The number of hydrogen-bond donors (Lipinski definition) is 2. The van der Waals surface area contributed by atoms with Crippen LogP contribution in [0.25, 0.3) is 20.9 Å². The van der Waals surface area contributed by atoms with Gasteiger partial charge in [-0.2, -0.15) is 5.10 Å². The van der Waals surface area contributed by atoms with Crippen LogP contribution in [-0.2, 0) is 32.0 Å². The number of benzene rings is 2. The Bertz CT molecular complexity index is 2440. The van der Waals surface area contributed by atoms with E-state index in [1.165, 1.54) is 17.3 Å². The van der Waals surface area contributed by atoms with Gasteiger partial charge in [-0.25, -0.2) is 15.0 Å². The lowest BCUT2D eigenvalue weighted by molar-refractivity contribution is -0.140. The molecule has 0 unspecified atom stereocenters. The van der Waals surface area contributed by atoms with Crippen molar-refractivity contribution < 1.29 is 29.4 Å². The van der Waals surface area contributed by atoms with Crippen LogP contribution < -0.4 is 0 Å². The van der Waals surface area contributed by atoms with E-state index in [0.717, 1.165) is 43.4 Å². The number of carbonyl (C=O) groups excluding carboxylic acids is 4. The first-order valence-electron chi connectivity index (χ1n) is 23.1. The molecule has 0 radical (unpaired) electrons. The predicted octanol–water partition coefficient (Wildman–Crippen LogP) is 7.02. The quantitative estimate of drug-likeness (QED) is 0.100. The Morgan fingerprint density at radius 3 is 1.50 bits per heavy atom. The van der Waals surface area contributed by atoms with E-state index < -0.39 is 36.1 Å². The Morgan fingerprint density at radius 1 is 0.632 bits per heavy atom. The van der Waals surface area contributed by atoms with E-state index in [1.807, 2.05) is 76.8 Å². The van der Waals surface area contributed by atoms with E-state index in [0.29, 0.717) is 37.2 Å². The first-order valence-corrected chi connectivity index (χ1v) is 24.9. The molecule has 2 aliphatic heterocycles. The molecule has 6 atom stereocenters. The van der Waals surface area contributed by atoms with E-state index in [4.69, 9.17) is 0 Å². The number of ketones is 2. The molecule has 356 valence electrons. The fourth-order valence-corrected chi connectivity index (χ4v) is 10.7. The molecule has 2 amide bonds. The van der Waals surface area contributed by atoms with Crippen LogP contribution in [-0.4, -0.2) is 116 Å². The molecular formula is C51H59N9O6S2. The molecule has 2 saturated heterocycles. The Hall–Kier alpha value is -6.01. The van der Waals surface area contributed by atoms with E-state index >= 15 is 0 Å². The summed E-state index contributed by atoms with van der Waals surface area (Å²) in [6.07, 6.45) is 8.61. The third-order valence-electron chi connectivity index (χ3n) is 12.7. The SMILES string of the molecule is Cc1ncsc1-c1ccc(CCC(=O)[C@@H]2C[C@@H](O)CN2C(=O)[C@@H](c2cnccn2)C(C)C)cc1.Cc1ncsc1-c1ccc(CCC(=O)[C@@H]2C[C@@H](O)CN2C(=O)[C@@H](c2nccnn2)C(C)C)cc1. The fourth-order valence-electron chi connectivity index (χ4n) is 9.07. The minimum atomic E-state index is -0.720. The Kier molecular flexibility index (Phi) is 16.8. The van der Waals surface area contributed by atoms with Gasteiger partial charge in [0.05, 0.1) is 74.3 Å². The first kappa shape index (κ1) is 49.9. The summed E-state index contributed by atoms with van der Waals surface area (Å²) in [6, 6.07) is 15.1. The number of aliphatic hydroxyl groups is 2. The number of hydrogen-bond acceptors (Lipinski definition) is 15. The number of β-amino-alcohol motifs (C(OH)–C–C–N with tert-alkyl or cyclic N) is 2. The van der Waals surface area contributed by atoms with Gasteiger partial charge in [0.1, 0.15) is 5.92 Å². The second kappa shape index (κ2) is 22.9. The van der Waals surface area contributed by atoms with Gasteiger partial charge in [0.2, 0.25) is 11.8 Å². The van der Waals surface area contributed by atoms with Gasteiger partial charge in [-0.05, 0) is 60.8 Å². The van der Waals surface area contributed by atoms with Crippen molar-refractivity contribution in [3.8, 4) is 20.9 Å². The maximum absolute atomic E-state index is 13.5. The molecular weight excluding hydrogens is 899 g/mol. The highest BCUT2D eigenvalue weighted by atomic mass is 32.1. The molecule has 0 aliphatic carbocycles. The van der Waals surface area contributed by atoms with E-state index in [1.54, 1.807) is 46.2 Å². The van der Waals surface area contributed by atoms with Crippen molar-refractivity contribution in [2.45, 2.75) is 116 Å². The van der Waals surface area contributed by atoms with Crippen LogP contribution in [0.2, 0.25) is 0 Å². The molecule has 68 heavy (non-hydrogen) atoms. The first-order chi connectivity index (χ1) is 32.7. The minimum Gasteiger partial charge on any atom is -0.391 e. The van der Waals surface area contributed by atoms with Gasteiger partial charge in [-0.3, -0.25) is 29.1 Å². The monoisotopic (exact) mass is 957 g/mol. The average molecular weight is 958 g/mol.